The summed E-state index contributed by atoms with van der Waals surface area (Å²) in [5.41, 5.74) is 0.981. The lowest BCUT2D eigenvalue weighted by Gasteiger charge is -2.35. The second-order valence-electron chi connectivity index (χ2n) is 7.25. The van der Waals surface area contributed by atoms with Crippen LogP contribution in [0.4, 0.5) is 0 Å². The maximum absolute atomic E-state index is 10.4. The van der Waals surface area contributed by atoms with Crippen LogP contribution in [0.1, 0.15) is 52.2 Å². The zero-order chi connectivity index (χ0) is 16.1. The van der Waals surface area contributed by atoms with E-state index in [0.29, 0.717) is 0 Å². The van der Waals surface area contributed by atoms with Gasteiger partial charge in [-0.3, -0.25) is 0 Å². The average Bonchev–Trinajstić information content (AvgIpc) is 2.44. The molecule has 1 fully saturated rings. The molecule has 3 unspecified atom stereocenters. The molecular formula is C19H31NO2. The van der Waals surface area contributed by atoms with Crippen LogP contribution in [0.15, 0.2) is 24.3 Å². The fraction of sp³-hybridized carbons (Fsp3) is 0.684. The minimum Gasteiger partial charge on any atom is -0.491 e. The molecule has 0 amide bonds. The smallest absolute Gasteiger partial charge is 0.119 e. The number of aliphatic hydroxyl groups is 1. The van der Waals surface area contributed by atoms with Crippen molar-refractivity contribution in [1.29, 1.82) is 0 Å². The SMILES string of the molecule is CC1CC(C)CN(CCC(O)c2ccc(OC(C)C)cc2)C1. The molecule has 3 atom stereocenters. The van der Waals surface area contributed by atoms with Crippen molar-refractivity contribution in [3.63, 3.8) is 0 Å². The summed E-state index contributed by atoms with van der Waals surface area (Å²) in [5, 5.41) is 10.4. The van der Waals surface area contributed by atoms with Crippen LogP contribution in [0, 0.1) is 11.8 Å². The molecule has 2 rings (SSSR count). The Morgan fingerprint density at radius 2 is 1.73 bits per heavy atom. The predicted octanol–water partition coefficient (Wildman–Crippen LogP) is 3.88. The summed E-state index contributed by atoms with van der Waals surface area (Å²) < 4.78 is 5.64. The molecule has 22 heavy (non-hydrogen) atoms. The largest absolute Gasteiger partial charge is 0.491 e. The topological polar surface area (TPSA) is 32.7 Å². The van der Waals surface area contributed by atoms with Crippen LogP contribution in [-0.2, 0) is 0 Å². The van der Waals surface area contributed by atoms with Gasteiger partial charge in [0.25, 0.3) is 0 Å². The fourth-order valence-electron chi connectivity index (χ4n) is 3.49. The molecule has 0 aromatic heterocycles. The van der Waals surface area contributed by atoms with Gasteiger partial charge in [-0.05, 0) is 56.2 Å². The van der Waals surface area contributed by atoms with E-state index in [0.717, 1.165) is 49.2 Å². The minimum atomic E-state index is -0.388. The molecule has 0 saturated carbocycles. The Bertz CT molecular complexity index is 433. The van der Waals surface area contributed by atoms with Gasteiger partial charge >= 0.3 is 0 Å². The summed E-state index contributed by atoms with van der Waals surface area (Å²) in [6.45, 7) is 12.0. The molecule has 1 aromatic rings. The van der Waals surface area contributed by atoms with E-state index in [9.17, 15) is 5.11 Å². The van der Waals surface area contributed by atoms with Crippen molar-refractivity contribution in [3.8, 4) is 5.75 Å². The van der Waals surface area contributed by atoms with E-state index in [1.54, 1.807) is 0 Å². The van der Waals surface area contributed by atoms with Crippen molar-refractivity contribution in [2.45, 2.75) is 52.7 Å². The Morgan fingerprint density at radius 1 is 1.14 bits per heavy atom. The Hall–Kier alpha value is -1.06. The van der Waals surface area contributed by atoms with Crippen molar-refractivity contribution < 1.29 is 9.84 Å². The number of ether oxygens (including phenoxy) is 1. The molecule has 1 heterocycles. The van der Waals surface area contributed by atoms with Crippen molar-refractivity contribution in [2.24, 2.45) is 11.8 Å². The van der Waals surface area contributed by atoms with Gasteiger partial charge in [-0.1, -0.05) is 26.0 Å². The highest BCUT2D eigenvalue weighted by atomic mass is 16.5. The first-order chi connectivity index (χ1) is 10.4. The second kappa shape index (κ2) is 7.98. The molecule has 1 N–H and O–H groups in total. The predicted molar refractivity (Wildman–Crippen MR) is 91.2 cm³/mol. The van der Waals surface area contributed by atoms with Crippen molar-refractivity contribution >= 4 is 0 Å². The molecular weight excluding hydrogens is 274 g/mol. The number of likely N-dealkylation sites (tertiary alicyclic amines) is 1. The van der Waals surface area contributed by atoms with E-state index in [-0.39, 0.29) is 12.2 Å². The van der Waals surface area contributed by atoms with Gasteiger partial charge in [-0.2, -0.15) is 0 Å². The Labute approximate surface area is 135 Å². The number of piperidine rings is 1. The molecule has 3 nitrogen and oxygen atoms in total. The molecule has 0 spiro atoms. The van der Waals surface area contributed by atoms with Gasteiger partial charge in [-0.25, -0.2) is 0 Å². The molecule has 124 valence electrons. The molecule has 3 heteroatoms. The summed E-state index contributed by atoms with van der Waals surface area (Å²) in [7, 11) is 0. The van der Waals surface area contributed by atoms with Crippen LogP contribution in [0.25, 0.3) is 0 Å². The van der Waals surface area contributed by atoms with Crippen LogP contribution in [-0.4, -0.2) is 35.7 Å². The third-order valence-electron chi connectivity index (χ3n) is 4.30. The second-order valence-corrected chi connectivity index (χ2v) is 7.25. The molecule has 1 aliphatic heterocycles. The summed E-state index contributed by atoms with van der Waals surface area (Å²) in [6.07, 6.45) is 1.92. The first-order valence-corrected chi connectivity index (χ1v) is 8.61. The first kappa shape index (κ1) is 17.3. The highest BCUT2D eigenvalue weighted by Crippen LogP contribution is 2.24. The van der Waals surface area contributed by atoms with E-state index in [1.807, 2.05) is 38.1 Å². The lowest BCUT2D eigenvalue weighted by molar-refractivity contribution is 0.103. The number of aliphatic hydroxyl groups excluding tert-OH is 1. The van der Waals surface area contributed by atoms with E-state index >= 15 is 0 Å². The molecule has 0 aliphatic carbocycles. The normalized spacial score (nSPS) is 24.5. The number of hydrogen-bond donors (Lipinski definition) is 1. The van der Waals surface area contributed by atoms with Gasteiger partial charge < -0.3 is 14.7 Å². The Kier molecular flexibility index (Phi) is 6.27. The van der Waals surface area contributed by atoms with Gasteiger partial charge in [0.05, 0.1) is 12.2 Å². The first-order valence-electron chi connectivity index (χ1n) is 8.61. The van der Waals surface area contributed by atoms with Crippen LogP contribution in [0.5, 0.6) is 5.75 Å². The third-order valence-corrected chi connectivity index (χ3v) is 4.30. The van der Waals surface area contributed by atoms with Gasteiger partial charge in [0, 0.05) is 19.6 Å². The molecule has 1 aliphatic rings. The monoisotopic (exact) mass is 305 g/mol. The number of hydrogen-bond acceptors (Lipinski definition) is 3. The molecule has 1 aromatic carbocycles. The van der Waals surface area contributed by atoms with E-state index < -0.39 is 0 Å². The quantitative estimate of drug-likeness (QED) is 0.866. The van der Waals surface area contributed by atoms with Gasteiger partial charge in [-0.15, -0.1) is 0 Å². The lowest BCUT2D eigenvalue weighted by Crippen LogP contribution is -2.39. The summed E-state index contributed by atoms with van der Waals surface area (Å²) >= 11 is 0. The zero-order valence-corrected chi connectivity index (χ0v) is 14.5. The molecule has 1 saturated heterocycles. The fourth-order valence-corrected chi connectivity index (χ4v) is 3.49. The lowest BCUT2D eigenvalue weighted by atomic mass is 9.91. The summed E-state index contributed by atoms with van der Waals surface area (Å²) in [5.74, 6) is 2.41. The van der Waals surface area contributed by atoms with Gasteiger partial charge in [0.15, 0.2) is 0 Å². The Balaban J connectivity index is 1.82. The van der Waals surface area contributed by atoms with Crippen LogP contribution < -0.4 is 4.74 Å². The van der Waals surface area contributed by atoms with E-state index in [4.69, 9.17) is 4.74 Å². The number of nitrogens with zero attached hydrogens (tertiary/aromatic N) is 1. The highest BCUT2D eigenvalue weighted by molar-refractivity contribution is 5.28. The maximum atomic E-state index is 10.4. The maximum Gasteiger partial charge on any atom is 0.119 e. The van der Waals surface area contributed by atoms with Crippen LogP contribution in [0.2, 0.25) is 0 Å². The minimum absolute atomic E-state index is 0.179. The van der Waals surface area contributed by atoms with Crippen LogP contribution in [0.3, 0.4) is 0 Å². The summed E-state index contributed by atoms with van der Waals surface area (Å²) in [6, 6.07) is 7.85. The number of benzene rings is 1. The van der Waals surface area contributed by atoms with E-state index in [2.05, 4.69) is 18.7 Å². The van der Waals surface area contributed by atoms with Gasteiger partial charge in [0.1, 0.15) is 5.75 Å². The third kappa shape index (κ3) is 5.29. The van der Waals surface area contributed by atoms with E-state index in [1.165, 1.54) is 6.42 Å². The average molecular weight is 305 g/mol. The van der Waals surface area contributed by atoms with Crippen molar-refractivity contribution in [1.82, 2.24) is 4.90 Å². The highest BCUT2D eigenvalue weighted by Gasteiger charge is 2.22. The number of rotatable bonds is 6. The van der Waals surface area contributed by atoms with Gasteiger partial charge in [0.2, 0.25) is 0 Å². The standard InChI is InChI=1S/C19H31NO2/c1-14(2)22-18-7-5-17(6-8-18)19(21)9-10-20-12-15(3)11-16(4)13-20/h5-8,14-16,19,21H,9-13H2,1-4H3. The zero-order valence-electron chi connectivity index (χ0n) is 14.5. The molecule has 0 radical (unpaired) electrons. The Morgan fingerprint density at radius 3 is 2.27 bits per heavy atom. The van der Waals surface area contributed by atoms with Crippen LogP contribution >= 0.6 is 0 Å². The van der Waals surface area contributed by atoms with Crippen molar-refractivity contribution in [2.75, 3.05) is 19.6 Å². The summed E-state index contributed by atoms with van der Waals surface area (Å²) in [4.78, 5) is 2.50. The van der Waals surface area contributed by atoms with Crippen molar-refractivity contribution in [3.05, 3.63) is 29.8 Å². The molecule has 0 bridgehead atoms.